The highest BCUT2D eigenvalue weighted by atomic mass is 32.2. The maximum absolute atomic E-state index is 12.5. The third-order valence-electron chi connectivity index (χ3n) is 4.48. The van der Waals surface area contributed by atoms with E-state index < -0.39 is 10.0 Å². The Bertz CT molecular complexity index is 729. The highest BCUT2D eigenvalue weighted by molar-refractivity contribution is 7.89. The lowest BCUT2D eigenvalue weighted by Gasteiger charge is -2.17. The van der Waals surface area contributed by atoms with Crippen LogP contribution >= 0.6 is 0 Å². The molecule has 0 bridgehead atoms. The van der Waals surface area contributed by atoms with E-state index in [4.69, 9.17) is 0 Å². The summed E-state index contributed by atoms with van der Waals surface area (Å²) in [6, 6.07) is 6.01. The Morgan fingerprint density at radius 1 is 1.29 bits per heavy atom. The first-order chi connectivity index (χ1) is 11.4. The molecule has 7 nitrogen and oxygen atoms in total. The number of sulfonamides is 1. The topological polar surface area (TPSA) is 95.6 Å². The number of hydrogen-bond acceptors (Lipinski definition) is 4. The van der Waals surface area contributed by atoms with Gasteiger partial charge in [-0.15, -0.1) is 0 Å². The number of hydrogen-bond donors (Lipinski definition) is 2. The quantitative estimate of drug-likeness (QED) is 0.799. The molecule has 0 unspecified atom stereocenters. The van der Waals surface area contributed by atoms with Gasteiger partial charge < -0.3 is 10.2 Å². The number of nitrogens with zero attached hydrogens (tertiary/aromatic N) is 1. The van der Waals surface area contributed by atoms with Crippen LogP contribution in [-0.2, 0) is 14.8 Å². The van der Waals surface area contributed by atoms with Gasteiger partial charge in [0.25, 0.3) is 5.91 Å². The molecule has 130 valence electrons. The summed E-state index contributed by atoms with van der Waals surface area (Å²) in [4.78, 5) is 25.7. The average molecular weight is 351 g/mol. The molecule has 8 heteroatoms. The molecule has 2 amide bonds. The molecule has 24 heavy (non-hydrogen) atoms. The molecular weight excluding hydrogens is 330 g/mol. The molecule has 0 spiro atoms. The molecule has 2 aliphatic heterocycles. The lowest BCUT2D eigenvalue weighted by molar-refractivity contribution is -0.119. The van der Waals surface area contributed by atoms with Crippen molar-refractivity contribution in [3.8, 4) is 0 Å². The Kier molecular flexibility index (Phi) is 4.60. The van der Waals surface area contributed by atoms with Gasteiger partial charge in [0.05, 0.1) is 10.9 Å². The zero-order chi connectivity index (χ0) is 17.3. The molecule has 1 aromatic carbocycles. The molecule has 0 aliphatic carbocycles. The van der Waals surface area contributed by atoms with E-state index in [2.05, 4.69) is 10.0 Å². The van der Waals surface area contributed by atoms with Crippen LogP contribution < -0.4 is 10.0 Å². The first kappa shape index (κ1) is 16.9. The Balaban J connectivity index is 1.68. The SMILES string of the molecule is CCCNS(=O)(=O)c1ccc(C(=O)N2C[C@@H]3CC(=O)N[C@@H]3C2)cc1. The largest absolute Gasteiger partial charge is 0.351 e. The van der Waals surface area contributed by atoms with Gasteiger partial charge in [-0.25, -0.2) is 13.1 Å². The number of nitrogens with one attached hydrogen (secondary N) is 2. The summed E-state index contributed by atoms with van der Waals surface area (Å²) in [7, 11) is -3.52. The normalized spacial score (nSPS) is 23.2. The van der Waals surface area contributed by atoms with Crippen LogP contribution in [0.15, 0.2) is 29.2 Å². The first-order valence-electron chi connectivity index (χ1n) is 8.09. The molecule has 1 aromatic rings. The van der Waals surface area contributed by atoms with Gasteiger partial charge in [0.1, 0.15) is 0 Å². The van der Waals surface area contributed by atoms with Crippen LogP contribution in [0.2, 0.25) is 0 Å². The summed E-state index contributed by atoms with van der Waals surface area (Å²) in [5.41, 5.74) is 0.454. The molecule has 0 radical (unpaired) electrons. The third kappa shape index (κ3) is 3.29. The highest BCUT2D eigenvalue weighted by Gasteiger charge is 2.41. The Labute approximate surface area is 141 Å². The van der Waals surface area contributed by atoms with Crippen molar-refractivity contribution in [2.75, 3.05) is 19.6 Å². The minimum Gasteiger partial charge on any atom is -0.351 e. The van der Waals surface area contributed by atoms with E-state index in [0.29, 0.717) is 38.0 Å². The van der Waals surface area contributed by atoms with Gasteiger partial charge in [-0.05, 0) is 30.7 Å². The van der Waals surface area contributed by atoms with Gasteiger partial charge in [-0.1, -0.05) is 6.92 Å². The number of carbonyl (C=O) groups excluding carboxylic acids is 2. The molecule has 2 fully saturated rings. The lowest BCUT2D eigenvalue weighted by atomic mass is 10.1. The number of carbonyl (C=O) groups is 2. The second kappa shape index (κ2) is 6.52. The van der Waals surface area contributed by atoms with Crippen molar-refractivity contribution >= 4 is 21.8 Å². The fourth-order valence-electron chi connectivity index (χ4n) is 3.19. The second-order valence-electron chi connectivity index (χ2n) is 6.27. The van der Waals surface area contributed by atoms with Crippen LogP contribution in [0.5, 0.6) is 0 Å². The molecule has 2 atom stereocenters. The van der Waals surface area contributed by atoms with Gasteiger partial charge >= 0.3 is 0 Å². The van der Waals surface area contributed by atoms with E-state index in [0.717, 1.165) is 0 Å². The summed E-state index contributed by atoms with van der Waals surface area (Å²) in [5, 5.41) is 2.88. The van der Waals surface area contributed by atoms with Gasteiger partial charge in [-0.2, -0.15) is 0 Å². The summed E-state index contributed by atoms with van der Waals surface area (Å²) in [6.07, 6.45) is 1.18. The minimum atomic E-state index is -3.52. The predicted molar refractivity (Wildman–Crippen MR) is 87.9 cm³/mol. The van der Waals surface area contributed by atoms with E-state index in [1.165, 1.54) is 24.3 Å². The van der Waals surface area contributed by atoms with E-state index in [1.807, 2.05) is 6.92 Å². The molecule has 2 aliphatic rings. The molecule has 2 saturated heterocycles. The van der Waals surface area contributed by atoms with Gasteiger partial charge in [0.15, 0.2) is 0 Å². The number of likely N-dealkylation sites (tertiary alicyclic amines) is 1. The minimum absolute atomic E-state index is 0.0411. The van der Waals surface area contributed by atoms with Crippen molar-refractivity contribution in [2.45, 2.75) is 30.7 Å². The van der Waals surface area contributed by atoms with Crippen LogP contribution in [0, 0.1) is 5.92 Å². The Morgan fingerprint density at radius 3 is 2.62 bits per heavy atom. The molecule has 0 saturated carbocycles. The van der Waals surface area contributed by atoms with Crippen molar-refractivity contribution < 1.29 is 18.0 Å². The van der Waals surface area contributed by atoms with Gasteiger partial charge in [-0.3, -0.25) is 9.59 Å². The van der Waals surface area contributed by atoms with Crippen LogP contribution in [0.3, 0.4) is 0 Å². The zero-order valence-electron chi connectivity index (χ0n) is 13.5. The smallest absolute Gasteiger partial charge is 0.253 e. The second-order valence-corrected chi connectivity index (χ2v) is 8.04. The lowest BCUT2D eigenvalue weighted by Crippen LogP contribution is -2.35. The van der Waals surface area contributed by atoms with Gasteiger partial charge in [0.2, 0.25) is 15.9 Å². The fourth-order valence-corrected chi connectivity index (χ4v) is 4.32. The molecule has 3 rings (SSSR count). The highest BCUT2D eigenvalue weighted by Crippen LogP contribution is 2.26. The van der Waals surface area contributed by atoms with Crippen LogP contribution in [0.4, 0.5) is 0 Å². The average Bonchev–Trinajstić information content (AvgIpc) is 3.09. The fraction of sp³-hybridized carbons (Fsp3) is 0.500. The summed E-state index contributed by atoms with van der Waals surface area (Å²) >= 11 is 0. The standard InChI is InChI=1S/C16H21N3O4S/c1-2-7-17-24(22,23)13-5-3-11(4-6-13)16(21)19-9-12-8-15(20)18-14(12)10-19/h3-6,12,14,17H,2,7-10H2,1H3,(H,18,20)/t12-,14+/m0/s1. The van der Waals surface area contributed by atoms with E-state index in [1.54, 1.807) is 4.90 Å². The zero-order valence-corrected chi connectivity index (χ0v) is 14.3. The van der Waals surface area contributed by atoms with Crippen molar-refractivity contribution in [1.29, 1.82) is 0 Å². The summed E-state index contributed by atoms with van der Waals surface area (Å²) in [6.45, 7) is 3.33. The predicted octanol–water partition coefficient (Wildman–Crippen LogP) is 0.335. The summed E-state index contributed by atoms with van der Waals surface area (Å²) in [5.74, 6) is 0.0923. The first-order valence-corrected chi connectivity index (χ1v) is 9.57. The van der Waals surface area contributed by atoms with Crippen molar-refractivity contribution in [3.05, 3.63) is 29.8 Å². The summed E-state index contributed by atoms with van der Waals surface area (Å²) < 4.78 is 26.6. The molecule has 0 aromatic heterocycles. The van der Waals surface area contributed by atoms with Gasteiger partial charge in [0, 0.05) is 37.5 Å². The van der Waals surface area contributed by atoms with Crippen molar-refractivity contribution in [1.82, 2.24) is 14.9 Å². The Hall–Kier alpha value is -1.93. The van der Waals surface area contributed by atoms with E-state index in [-0.39, 0.29) is 28.7 Å². The van der Waals surface area contributed by atoms with Crippen LogP contribution in [0.25, 0.3) is 0 Å². The monoisotopic (exact) mass is 351 g/mol. The van der Waals surface area contributed by atoms with E-state index >= 15 is 0 Å². The van der Waals surface area contributed by atoms with Crippen molar-refractivity contribution in [2.24, 2.45) is 5.92 Å². The number of fused-ring (bicyclic) bond motifs is 1. The Morgan fingerprint density at radius 2 is 2.00 bits per heavy atom. The van der Waals surface area contributed by atoms with E-state index in [9.17, 15) is 18.0 Å². The molecule has 2 N–H and O–H groups in total. The number of rotatable bonds is 5. The maximum atomic E-state index is 12.5. The van der Waals surface area contributed by atoms with Crippen molar-refractivity contribution in [3.63, 3.8) is 0 Å². The third-order valence-corrected chi connectivity index (χ3v) is 5.95. The maximum Gasteiger partial charge on any atom is 0.253 e. The number of benzene rings is 1. The number of amides is 2. The van der Waals surface area contributed by atoms with Crippen LogP contribution in [0.1, 0.15) is 30.1 Å². The van der Waals surface area contributed by atoms with Crippen LogP contribution in [-0.4, -0.2) is 50.8 Å². The molecular formula is C16H21N3O4S. The molecule has 2 heterocycles.